The average molecular weight is 247 g/mol. The van der Waals surface area contributed by atoms with E-state index in [4.69, 9.17) is 5.11 Å². The Morgan fingerprint density at radius 2 is 2.06 bits per heavy atom. The minimum atomic E-state index is -2.81. The van der Waals surface area contributed by atoms with E-state index in [1.165, 1.54) is 4.90 Å². The summed E-state index contributed by atoms with van der Waals surface area (Å²) in [7, 11) is 0. The third-order valence-corrected chi connectivity index (χ3v) is 2.82. The molecular weight excluding hydrogens is 232 g/mol. The first-order valence-corrected chi connectivity index (χ1v) is 5.38. The summed E-state index contributed by atoms with van der Waals surface area (Å²) < 4.78 is 26.2. The molecule has 1 heterocycles. The number of carbonyl (C=O) groups is 2. The largest absolute Gasteiger partial charge is 0.478 e. The molecule has 17 heavy (non-hydrogen) atoms. The van der Waals surface area contributed by atoms with Gasteiger partial charge in [-0.05, 0) is 19.8 Å². The van der Waals surface area contributed by atoms with Crippen molar-refractivity contribution in [2.45, 2.75) is 25.7 Å². The van der Waals surface area contributed by atoms with Crippen LogP contribution in [-0.4, -0.2) is 40.9 Å². The molecule has 1 amide bonds. The molecule has 1 fully saturated rings. The number of carbonyl (C=O) groups excluding carboxylic acids is 1. The zero-order valence-electron chi connectivity index (χ0n) is 9.53. The van der Waals surface area contributed by atoms with Gasteiger partial charge in [-0.25, -0.2) is 13.6 Å². The number of alkyl halides is 2. The van der Waals surface area contributed by atoms with E-state index in [-0.39, 0.29) is 6.54 Å². The Morgan fingerprint density at radius 1 is 1.41 bits per heavy atom. The molecule has 1 N–H and O–H groups in total. The number of likely N-dealkylation sites (tertiary alicyclic amines) is 1. The summed E-state index contributed by atoms with van der Waals surface area (Å²) in [6.45, 7) is 1.22. The molecular formula is C11H15F2NO3. The number of hydrogen-bond donors (Lipinski definition) is 1. The lowest BCUT2D eigenvalue weighted by Gasteiger charge is -2.34. The maximum absolute atomic E-state index is 13.1. The molecule has 1 aliphatic heterocycles. The Kier molecular flexibility index (Phi) is 4.20. The van der Waals surface area contributed by atoms with Gasteiger partial charge in [0.2, 0.25) is 11.8 Å². The number of rotatable bonds is 3. The van der Waals surface area contributed by atoms with Crippen LogP contribution in [0.1, 0.15) is 19.8 Å². The van der Waals surface area contributed by atoms with Gasteiger partial charge in [0.25, 0.3) is 0 Å². The normalized spacial score (nSPS) is 21.8. The summed E-state index contributed by atoms with van der Waals surface area (Å²) in [6.07, 6.45) is 2.52. The molecule has 0 aromatic rings. The van der Waals surface area contributed by atoms with E-state index in [1.54, 1.807) is 0 Å². The van der Waals surface area contributed by atoms with Crippen molar-refractivity contribution < 1.29 is 23.5 Å². The fraction of sp³-hybridized carbons (Fsp3) is 0.636. The Hall–Kier alpha value is -1.46. The molecule has 0 aliphatic carbocycles. The smallest absolute Gasteiger partial charge is 0.328 e. The molecule has 0 aromatic carbocycles. The van der Waals surface area contributed by atoms with Crippen LogP contribution in [0.25, 0.3) is 0 Å². The van der Waals surface area contributed by atoms with E-state index in [1.807, 2.05) is 0 Å². The minimum absolute atomic E-state index is 0.0215. The first-order valence-electron chi connectivity index (χ1n) is 5.38. The van der Waals surface area contributed by atoms with Gasteiger partial charge in [-0.2, -0.15) is 0 Å². The second kappa shape index (κ2) is 5.25. The van der Waals surface area contributed by atoms with E-state index >= 15 is 0 Å². The first-order chi connectivity index (χ1) is 7.80. The fourth-order valence-corrected chi connectivity index (χ4v) is 1.84. The van der Waals surface area contributed by atoms with Crippen molar-refractivity contribution in [3.05, 3.63) is 12.2 Å². The molecule has 4 nitrogen and oxygen atoms in total. The lowest BCUT2D eigenvalue weighted by atomic mass is 9.92. The van der Waals surface area contributed by atoms with Crippen molar-refractivity contribution in [2.24, 2.45) is 5.92 Å². The lowest BCUT2D eigenvalue weighted by molar-refractivity contribution is -0.134. The van der Waals surface area contributed by atoms with Gasteiger partial charge in [0.15, 0.2) is 0 Å². The van der Waals surface area contributed by atoms with Crippen LogP contribution in [0.3, 0.4) is 0 Å². The SMILES string of the molecule is CC(F)(F)C1CCCN(C(=O)/C=C/C(=O)O)C1. The van der Waals surface area contributed by atoms with E-state index in [2.05, 4.69) is 0 Å². The zero-order chi connectivity index (χ0) is 13.1. The molecule has 0 radical (unpaired) electrons. The van der Waals surface area contributed by atoms with Crippen LogP contribution in [0.4, 0.5) is 8.78 Å². The van der Waals surface area contributed by atoms with Crippen LogP contribution in [-0.2, 0) is 9.59 Å². The molecule has 1 atom stereocenters. The first kappa shape index (κ1) is 13.6. The van der Waals surface area contributed by atoms with Crippen LogP contribution < -0.4 is 0 Å². The van der Waals surface area contributed by atoms with Gasteiger partial charge < -0.3 is 10.0 Å². The number of piperidine rings is 1. The lowest BCUT2D eigenvalue weighted by Crippen LogP contribution is -2.44. The highest BCUT2D eigenvalue weighted by atomic mass is 19.3. The highest BCUT2D eigenvalue weighted by molar-refractivity contribution is 5.93. The molecule has 1 aliphatic rings. The molecule has 1 unspecified atom stereocenters. The number of nitrogens with zero attached hydrogens (tertiary/aromatic N) is 1. The molecule has 0 aromatic heterocycles. The zero-order valence-corrected chi connectivity index (χ0v) is 9.53. The van der Waals surface area contributed by atoms with Gasteiger partial charge in [-0.15, -0.1) is 0 Å². The predicted molar refractivity (Wildman–Crippen MR) is 56.7 cm³/mol. The summed E-state index contributed by atoms with van der Waals surface area (Å²) in [4.78, 5) is 23.0. The second-order valence-corrected chi connectivity index (χ2v) is 4.25. The Bertz CT molecular complexity index is 336. The number of halogens is 2. The Balaban J connectivity index is 2.61. The Labute approximate surface area is 97.9 Å². The van der Waals surface area contributed by atoms with Crippen LogP contribution in [0.5, 0.6) is 0 Å². The summed E-state index contributed by atoms with van der Waals surface area (Å²) >= 11 is 0. The van der Waals surface area contributed by atoms with Gasteiger partial charge in [-0.1, -0.05) is 0 Å². The van der Waals surface area contributed by atoms with Gasteiger partial charge in [0.1, 0.15) is 0 Å². The van der Waals surface area contributed by atoms with Gasteiger partial charge in [0.05, 0.1) is 0 Å². The van der Waals surface area contributed by atoms with Crippen molar-refractivity contribution in [3.8, 4) is 0 Å². The highest BCUT2D eigenvalue weighted by Gasteiger charge is 2.37. The van der Waals surface area contributed by atoms with Crippen molar-refractivity contribution in [2.75, 3.05) is 13.1 Å². The molecule has 6 heteroatoms. The molecule has 1 saturated heterocycles. The van der Waals surface area contributed by atoms with E-state index in [0.29, 0.717) is 19.4 Å². The summed E-state index contributed by atoms with van der Waals surface area (Å²) in [5, 5.41) is 8.36. The second-order valence-electron chi connectivity index (χ2n) is 4.25. The fourth-order valence-electron chi connectivity index (χ4n) is 1.84. The number of carboxylic acids is 1. The summed E-state index contributed by atoms with van der Waals surface area (Å²) in [5.74, 6) is -5.41. The quantitative estimate of drug-likeness (QED) is 0.769. The van der Waals surface area contributed by atoms with Crippen molar-refractivity contribution in [1.29, 1.82) is 0 Å². The Morgan fingerprint density at radius 3 is 2.59 bits per heavy atom. The third-order valence-electron chi connectivity index (χ3n) is 2.82. The highest BCUT2D eigenvalue weighted by Crippen LogP contribution is 2.31. The molecule has 0 saturated carbocycles. The number of carboxylic acid groups (broad SMARTS) is 1. The van der Waals surface area contributed by atoms with E-state index in [0.717, 1.165) is 19.1 Å². The van der Waals surface area contributed by atoms with Crippen LogP contribution in [0.15, 0.2) is 12.2 Å². The number of hydrogen-bond acceptors (Lipinski definition) is 2. The van der Waals surface area contributed by atoms with Crippen LogP contribution >= 0.6 is 0 Å². The minimum Gasteiger partial charge on any atom is -0.478 e. The van der Waals surface area contributed by atoms with E-state index < -0.39 is 23.7 Å². The average Bonchev–Trinajstić information content (AvgIpc) is 2.25. The third kappa shape index (κ3) is 4.13. The van der Waals surface area contributed by atoms with Crippen molar-refractivity contribution in [3.63, 3.8) is 0 Å². The van der Waals surface area contributed by atoms with Crippen molar-refractivity contribution >= 4 is 11.9 Å². The monoisotopic (exact) mass is 247 g/mol. The van der Waals surface area contributed by atoms with Gasteiger partial charge in [-0.3, -0.25) is 4.79 Å². The van der Waals surface area contributed by atoms with Gasteiger partial charge in [0, 0.05) is 31.2 Å². The summed E-state index contributed by atoms with van der Waals surface area (Å²) in [5.41, 5.74) is 0. The summed E-state index contributed by atoms with van der Waals surface area (Å²) in [6, 6.07) is 0. The van der Waals surface area contributed by atoms with Crippen molar-refractivity contribution in [1.82, 2.24) is 4.90 Å². The number of aliphatic carboxylic acids is 1. The van der Waals surface area contributed by atoms with Crippen LogP contribution in [0.2, 0.25) is 0 Å². The molecule has 96 valence electrons. The molecule has 0 bridgehead atoms. The van der Waals surface area contributed by atoms with Crippen LogP contribution in [0, 0.1) is 5.92 Å². The standard InChI is InChI=1S/C11H15F2NO3/c1-11(12,13)8-3-2-6-14(7-8)9(15)4-5-10(16)17/h4-5,8H,2-3,6-7H2,1H3,(H,16,17)/b5-4+. The molecule has 0 spiro atoms. The van der Waals surface area contributed by atoms with E-state index in [9.17, 15) is 18.4 Å². The number of amides is 1. The topological polar surface area (TPSA) is 57.6 Å². The molecule has 1 rings (SSSR count). The maximum Gasteiger partial charge on any atom is 0.328 e. The van der Waals surface area contributed by atoms with Gasteiger partial charge >= 0.3 is 5.97 Å². The predicted octanol–water partition coefficient (Wildman–Crippen LogP) is 1.52. The maximum atomic E-state index is 13.1.